The molecule has 0 radical (unpaired) electrons. The van der Waals surface area contributed by atoms with E-state index >= 15 is 0 Å². The van der Waals surface area contributed by atoms with E-state index < -0.39 is 0 Å². The van der Waals surface area contributed by atoms with E-state index in [0.29, 0.717) is 11.6 Å². The summed E-state index contributed by atoms with van der Waals surface area (Å²) in [4.78, 5) is 1.95. The maximum absolute atomic E-state index is 9.43. The van der Waals surface area contributed by atoms with E-state index in [1.54, 1.807) is 6.07 Å². The largest absolute Gasteiger partial charge is 0.504 e. The highest BCUT2D eigenvalue weighted by Gasteiger charge is 2.04. The van der Waals surface area contributed by atoms with Crippen LogP contribution in [-0.2, 0) is 6.54 Å². The summed E-state index contributed by atoms with van der Waals surface area (Å²) in [5.41, 5.74) is 2.72. The van der Waals surface area contributed by atoms with E-state index in [0.717, 1.165) is 16.9 Å². The van der Waals surface area contributed by atoms with Crippen LogP contribution in [0.4, 0.5) is 11.4 Å². The highest BCUT2D eigenvalue weighted by atomic mass is 35.5. The number of aromatic hydroxyl groups is 2. The Morgan fingerprint density at radius 1 is 1.05 bits per heavy atom. The first kappa shape index (κ1) is 14.3. The molecule has 3 N–H and O–H groups in total. The smallest absolute Gasteiger partial charge is 0.157 e. The summed E-state index contributed by atoms with van der Waals surface area (Å²) in [6.45, 7) is 0.533. The summed E-state index contributed by atoms with van der Waals surface area (Å²) in [6.07, 6.45) is 0. The topological polar surface area (TPSA) is 55.7 Å². The van der Waals surface area contributed by atoms with Crippen LogP contribution in [-0.4, -0.2) is 24.3 Å². The lowest BCUT2D eigenvalue weighted by molar-refractivity contribution is 0.403. The van der Waals surface area contributed by atoms with Gasteiger partial charge in [0.05, 0.1) is 10.7 Å². The van der Waals surface area contributed by atoms with Crippen molar-refractivity contribution in [3.63, 3.8) is 0 Å². The van der Waals surface area contributed by atoms with Gasteiger partial charge in [0.15, 0.2) is 11.5 Å². The molecule has 2 rings (SSSR count). The molecule has 0 aromatic heterocycles. The fraction of sp³-hybridized carbons (Fsp3) is 0.200. The third-order valence-electron chi connectivity index (χ3n) is 2.97. The molecule has 2 aromatic carbocycles. The Kier molecular flexibility index (Phi) is 4.25. The standard InChI is InChI=1S/C15H17ClN2O2/c1-18(2)13-5-4-11(8-12(13)16)17-9-10-3-6-14(19)15(20)7-10/h3-8,17,19-20H,9H2,1-2H3. The number of benzene rings is 2. The fourth-order valence-corrected chi connectivity index (χ4v) is 2.21. The van der Waals surface area contributed by atoms with Crippen LogP contribution in [0.25, 0.3) is 0 Å². The van der Waals surface area contributed by atoms with Crippen molar-refractivity contribution in [2.24, 2.45) is 0 Å². The number of phenolic OH excluding ortho intramolecular Hbond substituents is 2. The Hall–Kier alpha value is -2.07. The molecule has 0 saturated heterocycles. The van der Waals surface area contributed by atoms with Gasteiger partial charge in [0.2, 0.25) is 0 Å². The van der Waals surface area contributed by atoms with Gasteiger partial charge in [-0.2, -0.15) is 0 Å². The average Bonchev–Trinajstić information content (AvgIpc) is 2.40. The summed E-state index contributed by atoms with van der Waals surface area (Å²) in [5, 5.41) is 22.6. The number of hydrogen-bond acceptors (Lipinski definition) is 4. The molecule has 0 amide bonds. The minimum atomic E-state index is -0.120. The molecule has 0 bridgehead atoms. The molecule has 0 spiro atoms. The average molecular weight is 293 g/mol. The molecule has 0 unspecified atom stereocenters. The summed E-state index contributed by atoms with van der Waals surface area (Å²) in [6, 6.07) is 10.5. The fourth-order valence-electron chi connectivity index (χ4n) is 1.86. The Balaban J connectivity index is 2.07. The van der Waals surface area contributed by atoms with E-state index in [1.165, 1.54) is 12.1 Å². The minimum absolute atomic E-state index is 0.118. The van der Waals surface area contributed by atoms with Crippen molar-refractivity contribution in [1.82, 2.24) is 0 Å². The zero-order valence-electron chi connectivity index (χ0n) is 11.4. The van der Waals surface area contributed by atoms with Crippen molar-refractivity contribution in [2.75, 3.05) is 24.3 Å². The summed E-state index contributed by atoms with van der Waals surface area (Å²) in [5.74, 6) is -0.239. The number of hydrogen-bond donors (Lipinski definition) is 3. The quantitative estimate of drug-likeness (QED) is 0.756. The predicted molar refractivity (Wildman–Crippen MR) is 82.9 cm³/mol. The number of halogens is 1. The molecule has 0 aliphatic heterocycles. The molecule has 0 aliphatic rings. The Bertz CT molecular complexity index is 615. The zero-order valence-corrected chi connectivity index (χ0v) is 12.1. The Labute approximate surface area is 123 Å². The van der Waals surface area contributed by atoms with E-state index in [9.17, 15) is 10.2 Å². The maximum Gasteiger partial charge on any atom is 0.157 e. The first-order valence-electron chi connectivity index (χ1n) is 6.19. The van der Waals surface area contributed by atoms with Crippen LogP contribution in [0.5, 0.6) is 11.5 Å². The highest BCUT2D eigenvalue weighted by Crippen LogP contribution is 2.28. The predicted octanol–water partition coefficient (Wildman–Crippen LogP) is 3.43. The first-order valence-corrected chi connectivity index (χ1v) is 6.57. The van der Waals surface area contributed by atoms with Crippen LogP contribution in [0.2, 0.25) is 5.02 Å². The Morgan fingerprint density at radius 2 is 1.80 bits per heavy atom. The lowest BCUT2D eigenvalue weighted by Gasteiger charge is -2.15. The summed E-state index contributed by atoms with van der Waals surface area (Å²) < 4.78 is 0. The third-order valence-corrected chi connectivity index (χ3v) is 3.27. The molecule has 0 saturated carbocycles. The van der Waals surface area contributed by atoms with Crippen LogP contribution in [0, 0.1) is 0 Å². The maximum atomic E-state index is 9.43. The van der Waals surface area contributed by atoms with Gasteiger partial charge in [0, 0.05) is 26.3 Å². The van der Waals surface area contributed by atoms with E-state index in [2.05, 4.69) is 5.32 Å². The molecule has 5 heteroatoms. The summed E-state index contributed by atoms with van der Waals surface area (Å²) in [7, 11) is 3.88. The molecule has 4 nitrogen and oxygen atoms in total. The summed E-state index contributed by atoms with van der Waals surface area (Å²) >= 11 is 6.20. The number of rotatable bonds is 4. The molecule has 0 heterocycles. The molecule has 0 atom stereocenters. The number of nitrogens with zero attached hydrogens (tertiary/aromatic N) is 1. The molecule has 0 aliphatic carbocycles. The SMILES string of the molecule is CN(C)c1ccc(NCc2ccc(O)c(O)c2)cc1Cl. The Morgan fingerprint density at radius 3 is 2.40 bits per heavy atom. The molecule has 20 heavy (non-hydrogen) atoms. The van der Waals surface area contributed by atoms with Gasteiger partial charge in [-0.3, -0.25) is 0 Å². The first-order chi connectivity index (χ1) is 9.47. The monoisotopic (exact) mass is 292 g/mol. The third kappa shape index (κ3) is 3.27. The number of nitrogens with one attached hydrogen (secondary N) is 1. The normalized spacial score (nSPS) is 10.3. The molecule has 106 valence electrons. The number of phenols is 2. The van der Waals surface area contributed by atoms with Crippen LogP contribution < -0.4 is 10.2 Å². The van der Waals surface area contributed by atoms with Gasteiger partial charge in [-0.25, -0.2) is 0 Å². The second-order valence-electron chi connectivity index (χ2n) is 4.74. The van der Waals surface area contributed by atoms with E-state index in [4.69, 9.17) is 11.6 Å². The van der Waals surface area contributed by atoms with E-state index in [-0.39, 0.29) is 11.5 Å². The van der Waals surface area contributed by atoms with Gasteiger partial charge < -0.3 is 20.4 Å². The van der Waals surface area contributed by atoms with Gasteiger partial charge in [-0.15, -0.1) is 0 Å². The highest BCUT2D eigenvalue weighted by molar-refractivity contribution is 6.33. The van der Waals surface area contributed by atoms with Gasteiger partial charge in [-0.1, -0.05) is 17.7 Å². The van der Waals surface area contributed by atoms with Crippen LogP contribution in [0.1, 0.15) is 5.56 Å². The van der Waals surface area contributed by atoms with Crippen molar-refractivity contribution in [2.45, 2.75) is 6.54 Å². The second kappa shape index (κ2) is 5.92. The molecule has 2 aromatic rings. The van der Waals surface area contributed by atoms with Gasteiger partial charge >= 0.3 is 0 Å². The van der Waals surface area contributed by atoms with Gasteiger partial charge in [0.1, 0.15) is 0 Å². The molecular formula is C15H17ClN2O2. The number of anilines is 2. The van der Waals surface area contributed by atoms with Crippen molar-refractivity contribution in [1.29, 1.82) is 0 Å². The molecule has 0 fully saturated rings. The van der Waals surface area contributed by atoms with Crippen LogP contribution >= 0.6 is 11.6 Å². The van der Waals surface area contributed by atoms with Crippen molar-refractivity contribution >= 4 is 23.0 Å². The van der Waals surface area contributed by atoms with Gasteiger partial charge in [0.25, 0.3) is 0 Å². The van der Waals surface area contributed by atoms with Crippen LogP contribution in [0.3, 0.4) is 0 Å². The second-order valence-corrected chi connectivity index (χ2v) is 5.14. The van der Waals surface area contributed by atoms with Crippen molar-refractivity contribution in [3.8, 4) is 11.5 Å². The lowest BCUT2D eigenvalue weighted by atomic mass is 10.2. The van der Waals surface area contributed by atoms with Crippen LogP contribution in [0.15, 0.2) is 36.4 Å². The van der Waals surface area contributed by atoms with Crippen molar-refractivity contribution in [3.05, 3.63) is 47.0 Å². The molecular weight excluding hydrogens is 276 g/mol. The zero-order chi connectivity index (χ0) is 14.7. The minimum Gasteiger partial charge on any atom is -0.504 e. The van der Waals surface area contributed by atoms with E-state index in [1.807, 2.05) is 37.2 Å². The van der Waals surface area contributed by atoms with Gasteiger partial charge in [-0.05, 0) is 35.9 Å². The van der Waals surface area contributed by atoms with Crippen molar-refractivity contribution < 1.29 is 10.2 Å². The lowest BCUT2D eigenvalue weighted by Crippen LogP contribution is -2.09.